The Morgan fingerprint density at radius 1 is 1.42 bits per heavy atom. The van der Waals surface area contributed by atoms with Crippen molar-refractivity contribution < 1.29 is 9.53 Å². The number of ether oxygens (including phenoxy) is 1. The molecule has 2 aliphatic rings. The van der Waals surface area contributed by atoms with Crippen molar-refractivity contribution in [2.24, 2.45) is 11.7 Å². The van der Waals surface area contributed by atoms with Gasteiger partial charge in [0, 0.05) is 35.4 Å². The Labute approximate surface area is 118 Å². The summed E-state index contributed by atoms with van der Waals surface area (Å²) in [5.74, 6) is 1.26. The molecule has 19 heavy (non-hydrogen) atoms. The van der Waals surface area contributed by atoms with Gasteiger partial charge in [-0.05, 0) is 37.0 Å². The van der Waals surface area contributed by atoms with E-state index in [4.69, 9.17) is 22.1 Å². The van der Waals surface area contributed by atoms with Gasteiger partial charge in [0.25, 0.3) is 0 Å². The Morgan fingerprint density at radius 2 is 2.26 bits per heavy atom. The number of carbonyl (C=O) groups excluding carboxylic acids is 1. The van der Waals surface area contributed by atoms with Crippen LogP contribution in [0, 0.1) is 5.92 Å². The zero-order chi connectivity index (χ0) is 13.4. The lowest BCUT2D eigenvalue weighted by atomic mass is 9.95. The molecule has 2 atom stereocenters. The van der Waals surface area contributed by atoms with Crippen LogP contribution in [0.5, 0.6) is 5.75 Å². The summed E-state index contributed by atoms with van der Waals surface area (Å²) >= 11 is 6.11. The number of rotatable bonds is 3. The second kappa shape index (κ2) is 5.14. The molecule has 1 heterocycles. The van der Waals surface area contributed by atoms with E-state index >= 15 is 0 Å². The van der Waals surface area contributed by atoms with Crippen LogP contribution in [-0.2, 0) is 17.6 Å². The average molecular weight is 280 g/mol. The molecule has 0 bridgehead atoms. The van der Waals surface area contributed by atoms with Crippen LogP contribution in [0.4, 0.5) is 0 Å². The number of hydrogen-bond acceptors (Lipinski definition) is 3. The highest BCUT2D eigenvalue weighted by Crippen LogP contribution is 2.34. The third-order valence-electron chi connectivity index (χ3n) is 4.12. The van der Waals surface area contributed by atoms with E-state index in [0.717, 1.165) is 42.6 Å². The standard InChI is InChI=1S/C15H18ClNO2/c16-12-5-10-3-4-19-15(10)11(6-12)8-14(18)9-1-2-13(17)7-9/h5-6,9,13H,1-4,7-8,17H2. The van der Waals surface area contributed by atoms with Crippen molar-refractivity contribution in [2.75, 3.05) is 6.61 Å². The van der Waals surface area contributed by atoms with Crippen molar-refractivity contribution in [3.63, 3.8) is 0 Å². The van der Waals surface area contributed by atoms with Crippen molar-refractivity contribution in [3.8, 4) is 5.75 Å². The predicted molar refractivity (Wildman–Crippen MR) is 74.7 cm³/mol. The third-order valence-corrected chi connectivity index (χ3v) is 4.34. The highest BCUT2D eigenvalue weighted by atomic mass is 35.5. The maximum absolute atomic E-state index is 12.3. The molecule has 1 fully saturated rings. The zero-order valence-corrected chi connectivity index (χ0v) is 11.6. The molecule has 0 spiro atoms. The van der Waals surface area contributed by atoms with Crippen LogP contribution in [0.2, 0.25) is 5.02 Å². The van der Waals surface area contributed by atoms with Gasteiger partial charge in [-0.25, -0.2) is 0 Å². The summed E-state index contributed by atoms with van der Waals surface area (Å²) in [5.41, 5.74) is 7.93. The summed E-state index contributed by atoms with van der Waals surface area (Å²) in [6.07, 6.45) is 4.00. The highest BCUT2D eigenvalue weighted by molar-refractivity contribution is 6.30. The molecule has 1 saturated carbocycles. The summed E-state index contributed by atoms with van der Waals surface area (Å²) in [5, 5.41) is 0.690. The lowest BCUT2D eigenvalue weighted by Gasteiger charge is -2.12. The number of hydrogen-bond donors (Lipinski definition) is 1. The molecule has 2 unspecified atom stereocenters. The summed E-state index contributed by atoms with van der Waals surface area (Å²) in [6, 6.07) is 3.98. The third kappa shape index (κ3) is 2.63. The second-order valence-electron chi connectivity index (χ2n) is 5.56. The topological polar surface area (TPSA) is 52.3 Å². The highest BCUT2D eigenvalue weighted by Gasteiger charge is 2.29. The van der Waals surface area contributed by atoms with Gasteiger partial charge >= 0.3 is 0 Å². The summed E-state index contributed by atoms with van der Waals surface area (Å²) in [6.45, 7) is 0.686. The minimum absolute atomic E-state index is 0.117. The number of Topliss-reactive ketones (excluding diaryl/α,β-unsaturated/α-hetero) is 1. The van der Waals surface area contributed by atoms with Crippen LogP contribution in [0.1, 0.15) is 30.4 Å². The monoisotopic (exact) mass is 279 g/mol. The van der Waals surface area contributed by atoms with Crippen molar-refractivity contribution in [1.29, 1.82) is 0 Å². The molecule has 1 aliphatic heterocycles. The number of ketones is 1. The van der Waals surface area contributed by atoms with Crippen LogP contribution in [0.15, 0.2) is 12.1 Å². The largest absolute Gasteiger partial charge is 0.493 e. The maximum atomic E-state index is 12.3. The molecule has 3 rings (SSSR count). The van der Waals surface area contributed by atoms with Crippen molar-refractivity contribution in [3.05, 3.63) is 28.3 Å². The lowest BCUT2D eigenvalue weighted by Crippen LogP contribution is -2.19. The van der Waals surface area contributed by atoms with E-state index in [-0.39, 0.29) is 17.7 Å². The molecule has 0 radical (unpaired) electrons. The van der Waals surface area contributed by atoms with Gasteiger partial charge in [0.15, 0.2) is 0 Å². The van der Waals surface area contributed by atoms with Gasteiger partial charge in [-0.2, -0.15) is 0 Å². The maximum Gasteiger partial charge on any atom is 0.140 e. The van der Waals surface area contributed by atoms with Gasteiger partial charge in [0.2, 0.25) is 0 Å². The summed E-state index contributed by atoms with van der Waals surface area (Å²) < 4.78 is 5.63. The molecule has 2 N–H and O–H groups in total. The Kier molecular flexibility index (Phi) is 3.50. The van der Waals surface area contributed by atoms with E-state index in [1.165, 1.54) is 0 Å². The van der Waals surface area contributed by atoms with Gasteiger partial charge in [-0.15, -0.1) is 0 Å². The summed E-state index contributed by atoms with van der Waals surface area (Å²) in [7, 11) is 0. The van der Waals surface area contributed by atoms with Crippen LogP contribution >= 0.6 is 11.6 Å². The molecule has 0 amide bonds. The van der Waals surface area contributed by atoms with Crippen LogP contribution < -0.4 is 10.5 Å². The Morgan fingerprint density at radius 3 is 3.00 bits per heavy atom. The first kappa shape index (κ1) is 12.9. The van der Waals surface area contributed by atoms with Crippen LogP contribution in [0.3, 0.4) is 0 Å². The van der Waals surface area contributed by atoms with Crippen molar-refractivity contribution in [2.45, 2.75) is 38.1 Å². The van der Waals surface area contributed by atoms with Gasteiger partial charge in [-0.1, -0.05) is 11.6 Å². The number of carbonyl (C=O) groups is 1. The number of benzene rings is 1. The smallest absolute Gasteiger partial charge is 0.140 e. The fraction of sp³-hybridized carbons (Fsp3) is 0.533. The first-order chi connectivity index (χ1) is 9.13. The molecule has 4 heteroatoms. The minimum Gasteiger partial charge on any atom is -0.493 e. The SMILES string of the molecule is NC1CCC(C(=O)Cc2cc(Cl)cc3c2OCC3)C1. The Balaban J connectivity index is 1.78. The molecular weight excluding hydrogens is 262 g/mol. The van der Waals surface area contributed by atoms with Gasteiger partial charge in [-0.3, -0.25) is 4.79 Å². The number of nitrogens with two attached hydrogens (primary N) is 1. The summed E-state index contributed by atoms with van der Waals surface area (Å²) in [4.78, 5) is 12.3. The van der Waals surface area contributed by atoms with E-state index in [2.05, 4.69) is 0 Å². The van der Waals surface area contributed by atoms with Gasteiger partial charge in [0.1, 0.15) is 11.5 Å². The Bertz CT molecular complexity index is 515. The lowest BCUT2D eigenvalue weighted by molar-refractivity contribution is -0.122. The van der Waals surface area contributed by atoms with Crippen molar-refractivity contribution in [1.82, 2.24) is 0 Å². The normalized spacial score (nSPS) is 25.2. The van der Waals surface area contributed by atoms with Crippen LogP contribution in [-0.4, -0.2) is 18.4 Å². The van der Waals surface area contributed by atoms with Crippen LogP contribution in [0.25, 0.3) is 0 Å². The molecular formula is C15H18ClNO2. The zero-order valence-electron chi connectivity index (χ0n) is 10.8. The molecule has 0 aromatic heterocycles. The minimum atomic E-state index is 0.117. The average Bonchev–Trinajstić information content (AvgIpc) is 2.97. The fourth-order valence-corrected chi connectivity index (χ4v) is 3.38. The van der Waals surface area contributed by atoms with Gasteiger partial charge < -0.3 is 10.5 Å². The Hall–Kier alpha value is -1.06. The molecule has 1 aromatic rings. The quantitative estimate of drug-likeness (QED) is 0.925. The first-order valence-corrected chi connectivity index (χ1v) is 7.23. The molecule has 0 saturated heterocycles. The van der Waals surface area contributed by atoms with E-state index < -0.39 is 0 Å². The van der Waals surface area contributed by atoms with E-state index in [0.29, 0.717) is 18.1 Å². The number of fused-ring (bicyclic) bond motifs is 1. The molecule has 1 aliphatic carbocycles. The fourth-order valence-electron chi connectivity index (χ4n) is 3.12. The molecule has 1 aromatic carbocycles. The van der Waals surface area contributed by atoms with E-state index in [1.807, 2.05) is 12.1 Å². The van der Waals surface area contributed by atoms with E-state index in [9.17, 15) is 4.79 Å². The van der Waals surface area contributed by atoms with Gasteiger partial charge in [0.05, 0.1) is 6.61 Å². The molecule has 3 nitrogen and oxygen atoms in total. The molecule has 102 valence electrons. The predicted octanol–water partition coefficient (Wildman–Crippen LogP) is 2.51. The van der Waals surface area contributed by atoms with E-state index in [1.54, 1.807) is 0 Å². The van der Waals surface area contributed by atoms with Crippen molar-refractivity contribution >= 4 is 17.4 Å². The first-order valence-electron chi connectivity index (χ1n) is 6.86. The number of halogens is 1. The second-order valence-corrected chi connectivity index (χ2v) is 6.00.